The third-order valence-corrected chi connectivity index (χ3v) is 7.60. The molecule has 0 unspecified atom stereocenters. The van der Waals surface area contributed by atoms with Gasteiger partial charge in [-0.1, -0.05) is 6.07 Å². The number of rotatable bonds is 6. The number of nitrogens with zero attached hydrogens (tertiary/aromatic N) is 4. The first-order valence-electron chi connectivity index (χ1n) is 13.1. The smallest absolute Gasteiger partial charge is 0.379 e. The average molecular weight is 530 g/mol. The maximum absolute atomic E-state index is 13.6. The summed E-state index contributed by atoms with van der Waals surface area (Å²) in [6, 6.07) is 6.50. The number of anilines is 4. The first-order valence-corrected chi connectivity index (χ1v) is 13.1. The van der Waals surface area contributed by atoms with Crippen molar-refractivity contribution in [3.63, 3.8) is 0 Å². The van der Waals surface area contributed by atoms with E-state index in [2.05, 4.69) is 48.7 Å². The van der Waals surface area contributed by atoms with E-state index in [1.165, 1.54) is 18.4 Å². The van der Waals surface area contributed by atoms with E-state index in [1.807, 2.05) is 13.0 Å². The summed E-state index contributed by atoms with van der Waals surface area (Å²) < 4.78 is 46.3. The normalized spacial score (nSPS) is 20.9. The molecule has 3 aromatic rings. The van der Waals surface area contributed by atoms with E-state index in [-0.39, 0.29) is 17.6 Å². The van der Waals surface area contributed by atoms with Gasteiger partial charge in [-0.05, 0) is 75.1 Å². The average Bonchev–Trinajstić information content (AvgIpc) is 3.30. The first-order chi connectivity index (χ1) is 18.2. The molecule has 0 bridgehead atoms. The van der Waals surface area contributed by atoms with Gasteiger partial charge in [0.15, 0.2) is 5.82 Å². The molecule has 8 nitrogen and oxygen atoms in total. The summed E-state index contributed by atoms with van der Waals surface area (Å²) in [7, 11) is 0. The van der Waals surface area contributed by atoms with Gasteiger partial charge >= 0.3 is 6.18 Å². The zero-order valence-corrected chi connectivity index (χ0v) is 22.0. The molecule has 204 valence electrons. The quantitative estimate of drug-likeness (QED) is 0.361. The van der Waals surface area contributed by atoms with E-state index >= 15 is 0 Å². The van der Waals surface area contributed by atoms with Crippen LogP contribution in [0.5, 0.6) is 0 Å². The minimum Gasteiger partial charge on any atom is -0.379 e. The molecular weight excluding hydrogens is 495 g/mol. The summed E-state index contributed by atoms with van der Waals surface area (Å²) in [5.74, 6) is 0.478. The highest BCUT2D eigenvalue weighted by atomic mass is 19.4. The number of nitrogens with one attached hydrogen (secondary N) is 3. The second-order valence-electron chi connectivity index (χ2n) is 10.3. The molecule has 1 aromatic carbocycles. The van der Waals surface area contributed by atoms with Crippen LogP contribution in [0, 0.1) is 20.8 Å². The Labute approximate surface area is 220 Å². The van der Waals surface area contributed by atoms with Crippen LogP contribution in [0.2, 0.25) is 0 Å². The molecule has 11 heteroatoms. The van der Waals surface area contributed by atoms with Crippen molar-refractivity contribution in [2.24, 2.45) is 0 Å². The molecule has 1 aliphatic carbocycles. The molecule has 3 heterocycles. The van der Waals surface area contributed by atoms with E-state index in [9.17, 15) is 13.2 Å². The lowest BCUT2D eigenvalue weighted by atomic mass is 9.79. The summed E-state index contributed by atoms with van der Waals surface area (Å²) in [6.45, 7) is 9.57. The standard InChI is InChI=1S/C27H34F3N7O/c1-16-13-23(17(2)12-21(16)19-4-6-20(7-5-19)37-8-10-38-11-9-37)32-26-31-15-22(27(28,29)30)25(34-26)33-24-14-18(3)35-36-24/h12-15,19-20H,4-11H2,1-3H3,(H3,31,32,33,34,35,36)/t19-,20-. The highest BCUT2D eigenvalue weighted by molar-refractivity contribution is 5.64. The largest absolute Gasteiger partial charge is 0.421 e. The number of hydrogen-bond donors (Lipinski definition) is 3. The van der Waals surface area contributed by atoms with Crippen molar-refractivity contribution in [2.75, 3.05) is 36.9 Å². The van der Waals surface area contributed by atoms with E-state index in [1.54, 1.807) is 13.0 Å². The summed E-state index contributed by atoms with van der Waals surface area (Å²) in [5, 5.41) is 12.5. The lowest BCUT2D eigenvalue weighted by Crippen LogP contribution is -2.44. The fourth-order valence-corrected chi connectivity index (χ4v) is 5.58. The maximum atomic E-state index is 13.6. The Balaban J connectivity index is 1.31. The van der Waals surface area contributed by atoms with Gasteiger partial charge in [0, 0.05) is 42.8 Å². The van der Waals surface area contributed by atoms with E-state index in [0.717, 1.165) is 62.2 Å². The van der Waals surface area contributed by atoms with Crippen molar-refractivity contribution in [3.8, 4) is 0 Å². The van der Waals surface area contributed by atoms with Crippen LogP contribution in [0.15, 0.2) is 24.4 Å². The number of alkyl halides is 3. The summed E-state index contributed by atoms with van der Waals surface area (Å²) in [4.78, 5) is 10.7. The zero-order valence-electron chi connectivity index (χ0n) is 22.0. The Hall–Kier alpha value is -3.18. The molecule has 0 amide bonds. The van der Waals surface area contributed by atoms with Crippen LogP contribution in [-0.4, -0.2) is 57.4 Å². The number of aromatic nitrogens is 4. The molecule has 2 aliphatic rings. The summed E-state index contributed by atoms with van der Waals surface area (Å²) in [5.41, 5.74) is 4.04. The second kappa shape index (κ2) is 10.9. The van der Waals surface area contributed by atoms with Crippen molar-refractivity contribution in [3.05, 3.63) is 52.3 Å². The Bertz CT molecular complexity index is 1260. The molecule has 2 fully saturated rings. The number of morpholine rings is 1. The van der Waals surface area contributed by atoms with Crippen molar-refractivity contribution in [1.29, 1.82) is 0 Å². The fraction of sp³-hybridized carbons (Fsp3) is 0.519. The van der Waals surface area contributed by atoms with Gasteiger partial charge in [0.1, 0.15) is 11.4 Å². The van der Waals surface area contributed by atoms with Crippen LogP contribution in [0.4, 0.5) is 36.4 Å². The minimum absolute atomic E-state index is 0.0778. The molecule has 3 N–H and O–H groups in total. The minimum atomic E-state index is -4.61. The van der Waals surface area contributed by atoms with Crippen LogP contribution in [-0.2, 0) is 10.9 Å². The van der Waals surface area contributed by atoms with Crippen LogP contribution < -0.4 is 10.6 Å². The molecular formula is C27H34F3N7O. The molecule has 0 radical (unpaired) electrons. The van der Waals surface area contributed by atoms with Gasteiger partial charge in [0.05, 0.1) is 13.2 Å². The number of benzene rings is 1. The first kappa shape index (κ1) is 26.4. The highest BCUT2D eigenvalue weighted by Crippen LogP contribution is 2.39. The Morgan fingerprint density at radius 3 is 2.37 bits per heavy atom. The lowest BCUT2D eigenvalue weighted by Gasteiger charge is -2.39. The Kier molecular flexibility index (Phi) is 7.58. The molecule has 0 spiro atoms. The van der Waals surface area contributed by atoms with Gasteiger partial charge in [-0.15, -0.1) is 0 Å². The predicted octanol–water partition coefficient (Wildman–Crippen LogP) is 5.99. The van der Waals surface area contributed by atoms with Crippen LogP contribution in [0.3, 0.4) is 0 Å². The van der Waals surface area contributed by atoms with Crippen molar-refractivity contribution < 1.29 is 17.9 Å². The third kappa shape index (κ3) is 5.94. The summed E-state index contributed by atoms with van der Waals surface area (Å²) >= 11 is 0. The molecule has 5 rings (SSSR count). The Morgan fingerprint density at radius 2 is 1.71 bits per heavy atom. The topological polar surface area (TPSA) is 91.0 Å². The second-order valence-corrected chi connectivity index (χ2v) is 10.3. The molecule has 1 saturated carbocycles. The number of aryl methyl sites for hydroxylation is 3. The molecule has 1 saturated heterocycles. The van der Waals surface area contributed by atoms with Crippen molar-refractivity contribution >= 4 is 23.3 Å². The number of halogens is 3. The number of ether oxygens (including phenoxy) is 1. The SMILES string of the molecule is Cc1cc(Nc2nc(Nc3cc(C)c([C@H]4CC[C@H](N5CCOCC5)CC4)cc3C)ncc2C(F)(F)F)n[nH]1. The van der Waals surface area contributed by atoms with Gasteiger partial charge in [0.25, 0.3) is 0 Å². The predicted molar refractivity (Wildman–Crippen MR) is 140 cm³/mol. The molecule has 0 atom stereocenters. The van der Waals surface area contributed by atoms with Crippen LogP contribution >= 0.6 is 0 Å². The Morgan fingerprint density at radius 1 is 0.974 bits per heavy atom. The van der Waals surface area contributed by atoms with Crippen LogP contribution in [0.25, 0.3) is 0 Å². The number of H-pyrrole nitrogens is 1. The van der Waals surface area contributed by atoms with Crippen LogP contribution in [0.1, 0.15) is 59.5 Å². The van der Waals surface area contributed by atoms with E-state index in [0.29, 0.717) is 17.7 Å². The maximum Gasteiger partial charge on any atom is 0.421 e. The molecule has 1 aliphatic heterocycles. The van der Waals surface area contributed by atoms with Crippen molar-refractivity contribution in [1.82, 2.24) is 25.1 Å². The van der Waals surface area contributed by atoms with Gasteiger partial charge < -0.3 is 15.4 Å². The lowest BCUT2D eigenvalue weighted by molar-refractivity contribution is -0.137. The van der Waals surface area contributed by atoms with E-state index in [4.69, 9.17) is 4.74 Å². The zero-order chi connectivity index (χ0) is 26.9. The number of hydrogen-bond acceptors (Lipinski definition) is 7. The van der Waals surface area contributed by atoms with Gasteiger partial charge in [-0.25, -0.2) is 4.98 Å². The van der Waals surface area contributed by atoms with Gasteiger partial charge in [-0.3, -0.25) is 10.00 Å². The van der Waals surface area contributed by atoms with Gasteiger partial charge in [-0.2, -0.15) is 23.3 Å². The third-order valence-electron chi connectivity index (χ3n) is 7.60. The summed E-state index contributed by atoms with van der Waals surface area (Å²) in [6.07, 6.45) is 0.862. The number of aromatic amines is 1. The monoisotopic (exact) mass is 529 g/mol. The fourth-order valence-electron chi connectivity index (χ4n) is 5.58. The van der Waals surface area contributed by atoms with Crippen molar-refractivity contribution in [2.45, 2.75) is 64.6 Å². The van der Waals surface area contributed by atoms with Gasteiger partial charge in [0.2, 0.25) is 5.95 Å². The molecule has 2 aromatic heterocycles. The van der Waals surface area contributed by atoms with E-state index < -0.39 is 11.7 Å². The molecule has 38 heavy (non-hydrogen) atoms. The highest BCUT2D eigenvalue weighted by Gasteiger charge is 2.35.